The van der Waals surface area contributed by atoms with Crippen LogP contribution in [0.2, 0.25) is 0 Å². The van der Waals surface area contributed by atoms with Crippen LogP contribution in [0.25, 0.3) is 0 Å². The van der Waals surface area contributed by atoms with Crippen molar-refractivity contribution < 1.29 is 17.9 Å². The standard InChI is InChI=1S/C9H17ClF3NO/c1-7(2)5-8(6-10)14-3-4-15-9(11,12)13/h7-8,14H,3-6H2,1-2H3. The van der Waals surface area contributed by atoms with Gasteiger partial charge < -0.3 is 5.32 Å². The number of alkyl halides is 4. The molecular weight excluding hydrogens is 231 g/mol. The minimum Gasteiger partial charge on any atom is -0.310 e. The Hall–Kier alpha value is -0.0000000000000000555. The van der Waals surface area contributed by atoms with Crippen molar-refractivity contribution in [1.29, 1.82) is 0 Å². The summed E-state index contributed by atoms with van der Waals surface area (Å²) in [6.07, 6.45) is -3.70. The highest BCUT2D eigenvalue weighted by Crippen LogP contribution is 2.15. The number of hydrogen-bond acceptors (Lipinski definition) is 2. The molecule has 0 aliphatic carbocycles. The van der Waals surface area contributed by atoms with Gasteiger partial charge in [0.05, 0.1) is 6.61 Å². The molecule has 0 fully saturated rings. The lowest BCUT2D eigenvalue weighted by molar-refractivity contribution is -0.323. The summed E-state index contributed by atoms with van der Waals surface area (Å²) in [6, 6.07) is 0.0449. The number of hydrogen-bond donors (Lipinski definition) is 1. The second-order valence-corrected chi connectivity index (χ2v) is 4.04. The van der Waals surface area contributed by atoms with Gasteiger partial charge in [0.25, 0.3) is 0 Å². The van der Waals surface area contributed by atoms with Crippen molar-refractivity contribution in [3.8, 4) is 0 Å². The van der Waals surface area contributed by atoms with Gasteiger partial charge in [-0.15, -0.1) is 24.8 Å². The van der Waals surface area contributed by atoms with Crippen molar-refractivity contribution in [2.24, 2.45) is 5.92 Å². The molecule has 0 radical (unpaired) electrons. The molecular formula is C9H17ClF3NO. The van der Waals surface area contributed by atoms with Crippen LogP contribution in [0.4, 0.5) is 13.2 Å². The van der Waals surface area contributed by atoms with Crippen molar-refractivity contribution >= 4 is 11.6 Å². The molecule has 0 aromatic heterocycles. The molecule has 0 heterocycles. The van der Waals surface area contributed by atoms with Gasteiger partial charge in [0.2, 0.25) is 0 Å². The third-order valence-corrected chi connectivity index (χ3v) is 2.12. The Balaban J connectivity index is 3.55. The van der Waals surface area contributed by atoms with E-state index in [1.807, 2.05) is 13.8 Å². The first-order valence-electron chi connectivity index (χ1n) is 4.85. The van der Waals surface area contributed by atoms with Gasteiger partial charge in [-0.05, 0) is 12.3 Å². The van der Waals surface area contributed by atoms with E-state index in [4.69, 9.17) is 11.6 Å². The number of halogens is 4. The van der Waals surface area contributed by atoms with Gasteiger partial charge >= 0.3 is 6.36 Å². The Labute approximate surface area is 93.1 Å². The molecule has 0 aromatic carbocycles. The van der Waals surface area contributed by atoms with E-state index in [0.29, 0.717) is 11.8 Å². The first-order valence-corrected chi connectivity index (χ1v) is 5.38. The van der Waals surface area contributed by atoms with E-state index < -0.39 is 6.36 Å². The number of nitrogens with one attached hydrogen (secondary N) is 1. The highest BCUT2D eigenvalue weighted by molar-refractivity contribution is 6.18. The molecule has 0 rings (SSSR count). The topological polar surface area (TPSA) is 21.3 Å². The summed E-state index contributed by atoms with van der Waals surface area (Å²) in [6.45, 7) is 3.85. The van der Waals surface area contributed by atoms with Crippen LogP contribution in [0, 0.1) is 5.92 Å². The van der Waals surface area contributed by atoms with Crippen LogP contribution in [0.5, 0.6) is 0 Å². The molecule has 6 heteroatoms. The Bertz CT molecular complexity index is 164. The van der Waals surface area contributed by atoms with Crippen molar-refractivity contribution in [3.05, 3.63) is 0 Å². The van der Waals surface area contributed by atoms with Crippen LogP contribution in [-0.2, 0) is 4.74 Å². The van der Waals surface area contributed by atoms with Crippen LogP contribution in [-0.4, -0.2) is 31.4 Å². The second-order valence-electron chi connectivity index (χ2n) is 3.73. The molecule has 0 aromatic rings. The Morgan fingerprint density at radius 1 is 1.33 bits per heavy atom. The summed E-state index contributed by atoms with van der Waals surface area (Å²) < 4.78 is 38.4. The average molecular weight is 248 g/mol. The maximum atomic E-state index is 11.6. The zero-order valence-corrected chi connectivity index (χ0v) is 9.66. The lowest BCUT2D eigenvalue weighted by Crippen LogP contribution is -2.35. The molecule has 0 saturated carbocycles. The first-order chi connectivity index (χ1) is 6.85. The normalized spacial score (nSPS) is 14.6. The third-order valence-electron chi connectivity index (χ3n) is 1.74. The van der Waals surface area contributed by atoms with Crippen LogP contribution in [0.15, 0.2) is 0 Å². The minimum absolute atomic E-state index is 0.0449. The summed E-state index contributed by atoms with van der Waals surface area (Å²) in [5, 5.41) is 2.92. The van der Waals surface area contributed by atoms with E-state index >= 15 is 0 Å². The fourth-order valence-corrected chi connectivity index (χ4v) is 1.43. The molecule has 1 unspecified atom stereocenters. The molecule has 2 nitrogen and oxygen atoms in total. The Morgan fingerprint density at radius 3 is 2.33 bits per heavy atom. The van der Waals surface area contributed by atoms with Crippen molar-refractivity contribution in [3.63, 3.8) is 0 Å². The molecule has 15 heavy (non-hydrogen) atoms. The maximum absolute atomic E-state index is 11.6. The number of ether oxygens (including phenoxy) is 1. The van der Waals surface area contributed by atoms with Crippen LogP contribution >= 0.6 is 11.6 Å². The quantitative estimate of drug-likeness (QED) is 0.552. The lowest BCUT2D eigenvalue weighted by atomic mass is 10.1. The highest BCUT2D eigenvalue weighted by Gasteiger charge is 2.28. The van der Waals surface area contributed by atoms with Gasteiger partial charge in [0.15, 0.2) is 0 Å². The monoisotopic (exact) mass is 247 g/mol. The lowest BCUT2D eigenvalue weighted by Gasteiger charge is -2.18. The van der Waals surface area contributed by atoms with Crippen molar-refractivity contribution in [2.75, 3.05) is 19.0 Å². The summed E-state index contributed by atoms with van der Waals surface area (Å²) in [5.74, 6) is 0.856. The predicted molar refractivity (Wildman–Crippen MR) is 54.0 cm³/mol. The van der Waals surface area contributed by atoms with Crippen molar-refractivity contribution in [2.45, 2.75) is 32.7 Å². The van der Waals surface area contributed by atoms with Gasteiger partial charge in [-0.3, -0.25) is 4.74 Å². The van der Waals surface area contributed by atoms with Crippen LogP contribution in [0.1, 0.15) is 20.3 Å². The van der Waals surface area contributed by atoms with E-state index in [1.54, 1.807) is 0 Å². The predicted octanol–water partition coefficient (Wildman–Crippen LogP) is 2.77. The average Bonchev–Trinajstić information content (AvgIpc) is 2.08. The molecule has 1 N–H and O–H groups in total. The zero-order chi connectivity index (χ0) is 11.9. The SMILES string of the molecule is CC(C)CC(CCl)NCCOC(F)(F)F. The first kappa shape index (κ1) is 15.0. The molecule has 0 bridgehead atoms. The minimum atomic E-state index is -4.55. The third kappa shape index (κ3) is 10.3. The molecule has 1 atom stereocenters. The largest absolute Gasteiger partial charge is 0.522 e. The smallest absolute Gasteiger partial charge is 0.310 e. The van der Waals surface area contributed by atoms with Gasteiger partial charge in [0, 0.05) is 18.5 Å². The van der Waals surface area contributed by atoms with Crippen LogP contribution < -0.4 is 5.32 Å². The fraction of sp³-hybridized carbons (Fsp3) is 1.00. The van der Waals surface area contributed by atoms with Crippen molar-refractivity contribution in [1.82, 2.24) is 5.32 Å². The second kappa shape index (κ2) is 7.30. The summed E-state index contributed by atoms with van der Waals surface area (Å²) >= 11 is 5.65. The molecule has 0 amide bonds. The van der Waals surface area contributed by atoms with Gasteiger partial charge in [-0.2, -0.15) is 0 Å². The van der Waals surface area contributed by atoms with Gasteiger partial charge in [0.1, 0.15) is 0 Å². The Kier molecular flexibility index (Phi) is 7.30. The van der Waals surface area contributed by atoms with E-state index in [9.17, 15) is 13.2 Å². The van der Waals surface area contributed by atoms with E-state index in [0.717, 1.165) is 6.42 Å². The molecule has 0 spiro atoms. The molecule has 0 aliphatic rings. The van der Waals surface area contributed by atoms with Gasteiger partial charge in [-0.25, -0.2) is 0 Å². The van der Waals surface area contributed by atoms with E-state index in [2.05, 4.69) is 10.1 Å². The summed E-state index contributed by atoms with van der Waals surface area (Å²) in [7, 11) is 0. The van der Waals surface area contributed by atoms with E-state index in [-0.39, 0.29) is 19.2 Å². The molecule has 0 aliphatic heterocycles. The summed E-state index contributed by atoms with van der Waals surface area (Å²) in [5.41, 5.74) is 0. The number of rotatable bonds is 7. The Morgan fingerprint density at radius 2 is 1.93 bits per heavy atom. The van der Waals surface area contributed by atoms with Crippen LogP contribution in [0.3, 0.4) is 0 Å². The summed E-state index contributed by atoms with van der Waals surface area (Å²) in [4.78, 5) is 0. The highest BCUT2D eigenvalue weighted by atomic mass is 35.5. The van der Waals surface area contributed by atoms with Gasteiger partial charge in [-0.1, -0.05) is 13.8 Å². The van der Waals surface area contributed by atoms with E-state index in [1.165, 1.54) is 0 Å². The fourth-order valence-electron chi connectivity index (χ4n) is 1.20. The zero-order valence-electron chi connectivity index (χ0n) is 8.90. The molecule has 0 saturated heterocycles. The molecule has 92 valence electrons. The maximum Gasteiger partial charge on any atom is 0.522 e.